The second-order valence-electron chi connectivity index (χ2n) is 7.71. The molecule has 0 saturated carbocycles. The van der Waals surface area contributed by atoms with Crippen LogP contribution in [0.3, 0.4) is 0 Å². The summed E-state index contributed by atoms with van der Waals surface area (Å²) in [5.74, 6) is -0.757. The van der Waals surface area contributed by atoms with E-state index in [-0.39, 0.29) is 38.2 Å². The summed E-state index contributed by atoms with van der Waals surface area (Å²) in [6.45, 7) is 14.5. The van der Waals surface area contributed by atoms with Crippen molar-refractivity contribution in [3.8, 4) is 0 Å². The zero-order valence-electron chi connectivity index (χ0n) is 20.8. The van der Waals surface area contributed by atoms with Gasteiger partial charge in [0.05, 0.1) is 17.4 Å². The van der Waals surface area contributed by atoms with Gasteiger partial charge >= 0.3 is 25.4 Å². The summed E-state index contributed by atoms with van der Waals surface area (Å²) in [5.41, 5.74) is 0.269. The average molecular weight is 558 g/mol. The van der Waals surface area contributed by atoms with E-state index < -0.39 is 12.1 Å². The molecule has 0 amide bonds. The van der Waals surface area contributed by atoms with Crippen LogP contribution in [0.4, 0.5) is 0 Å². The normalized spacial score (nSPS) is 16.1. The molecule has 3 N–H and O–H groups in total. The van der Waals surface area contributed by atoms with E-state index in [1.54, 1.807) is 6.92 Å². The molecule has 1 aromatic heterocycles. The van der Waals surface area contributed by atoms with E-state index in [1.165, 1.54) is 83.2 Å². The number of aliphatic hydroxyl groups excluding tert-OH is 2. The largest absolute Gasteiger partial charge is 3.00 e. The first kappa shape index (κ1) is 38.9. The number of aromatic carboxylic acids is 1. The molecule has 0 aliphatic carbocycles. The van der Waals surface area contributed by atoms with Crippen LogP contribution in [0.5, 0.6) is 0 Å². The fraction of sp³-hybridized carbons (Fsp3) is 0.667. The molecule has 1 saturated heterocycles. The van der Waals surface area contributed by atoms with Crippen molar-refractivity contribution in [2.75, 3.05) is 60.4 Å². The Bertz CT molecular complexity index is 549. The molecule has 8 nitrogen and oxygen atoms in total. The number of rotatable bonds is 2. The molecule has 33 heavy (non-hydrogen) atoms. The molecule has 0 bridgehead atoms. The molecule has 2 heterocycles. The first-order chi connectivity index (χ1) is 14.5. The van der Waals surface area contributed by atoms with Crippen molar-refractivity contribution in [1.29, 1.82) is 0 Å². The number of hydrogen-bond donors (Lipinski definition) is 3. The number of carboxylic acids is 1. The molecule has 1 aromatic rings. The number of carbonyl (C=O) groups is 1. The number of aromatic nitrogens is 1. The molecular weight excluding hydrogens is 509 g/mol. The molecule has 193 valence electrons. The maximum atomic E-state index is 10.2. The number of hydrogen-bond acceptors (Lipinski definition) is 7. The summed E-state index contributed by atoms with van der Waals surface area (Å²) in [6.07, 6.45) is 4.97. The first-order valence-corrected chi connectivity index (χ1v) is 10.8. The zero-order valence-corrected chi connectivity index (χ0v) is 22.5. The van der Waals surface area contributed by atoms with Gasteiger partial charge in [0.1, 0.15) is 0 Å². The minimum atomic E-state index is -0.919. The van der Waals surface area contributed by atoms with Gasteiger partial charge in [-0.25, -0.2) is 4.79 Å². The Morgan fingerprint density at radius 2 is 1.27 bits per heavy atom. The van der Waals surface area contributed by atoms with E-state index >= 15 is 0 Å². The van der Waals surface area contributed by atoms with E-state index in [1.807, 2.05) is 0 Å². The van der Waals surface area contributed by atoms with Crippen LogP contribution < -0.4 is 0 Å². The Morgan fingerprint density at radius 3 is 1.42 bits per heavy atom. The monoisotopic (exact) mass is 558 g/mol. The summed E-state index contributed by atoms with van der Waals surface area (Å²) in [6, 6.07) is 2.89. The fourth-order valence-corrected chi connectivity index (χ4v) is 2.20. The topological polar surface area (TPSA) is 100 Å². The molecule has 1 aliphatic rings. The molecule has 1 atom stereocenters. The summed E-state index contributed by atoms with van der Waals surface area (Å²) >= 11 is 0. The van der Waals surface area contributed by atoms with Gasteiger partial charge in [0.25, 0.3) is 0 Å². The SMILES string of the molecule is C.CC(O)=CC(C)O.CCC.CN1CCN(C)CCN(C)CC1.O=C(O)c1ccncc1.[Ru+3]. The van der Waals surface area contributed by atoms with Crippen molar-refractivity contribution >= 4 is 5.97 Å². The van der Waals surface area contributed by atoms with Crippen LogP contribution in [0.1, 0.15) is 51.9 Å². The molecule has 0 spiro atoms. The molecule has 1 fully saturated rings. The van der Waals surface area contributed by atoms with E-state index in [4.69, 9.17) is 15.3 Å². The number of nitrogens with zero attached hydrogens (tertiary/aromatic N) is 4. The second-order valence-corrected chi connectivity index (χ2v) is 7.71. The Hall–Kier alpha value is -1.38. The quantitative estimate of drug-likeness (QED) is 0.376. The third-order valence-corrected chi connectivity index (χ3v) is 4.00. The maximum absolute atomic E-state index is 10.2. The van der Waals surface area contributed by atoms with Crippen molar-refractivity contribution in [3.63, 3.8) is 0 Å². The van der Waals surface area contributed by atoms with E-state index in [0.29, 0.717) is 0 Å². The molecule has 1 unspecified atom stereocenters. The van der Waals surface area contributed by atoms with Gasteiger partial charge in [0, 0.05) is 51.7 Å². The van der Waals surface area contributed by atoms with Gasteiger partial charge in [-0.05, 0) is 53.2 Å². The molecule has 1 aliphatic heterocycles. The zero-order chi connectivity index (χ0) is 24.2. The maximum Gasteiger partial charge on any atom is 3.00 e. The predicted octanol–water partition coefficient (Wildman–Crippen LogP) is 3.45. The van der Waals surface area contributed by atoms with E-state index in [9.17, 15) is 4.79 Å². The molecule has 0 aromatic carbocycles. The average Bonchev–Trinajstić information content (AvgIpc) is 2.76. The van der Waals surface area contributed by atoms with Crippen molar-refractivity contribution in [1.82, 2.24) is 19.7 Å². The Balaban J connectivity index is -0.000000180. The predicted molar refractivity (Wildman–Crippen MR) is 134 cm³/mol. The van der Waals surface area contributed by atoms with Crippen LogP contribution in [0.2, 0.25) is 0 Å². The van der Waals surface area contributed by atoms with Crippen LogP contribution in [0.15, 0.2) is 36.4 Å². The molecule has 9 heteroatoms. The van der Waals surface area contributed by atoms with Gasteiger partial charge in [-0.15, -0.1) is 0 Å². The first-order valence-electron chi connectivity index (χ1n) is 10.8. The third-order valence-electron chi connectivity index (χ3n) is 4.00. The van der Waals surface area contributed by atoms with Gasteiger partial charge in [0.15, 0.2) is 0 Å². The van der Waals surface area contributed by atoms with Crippen LogP contribution in [0.25, 0.3) is 0 Å². The summed E-state index contributed by atoms with van der Waals surface area (Å²) < 4.78 is 0. The van der Waals surface area contributed by atoms with Gasteiger partial charge in [-0.1, -0.05) is 27.7 Å². The van der Waals surface area contributed by atoms with Crippen LogP contribution in [-0.2, 0) is 19.5 Å². The summed E-state index contributed by atoms with van der Waals surface area (Å²) in [5, 5.41) is 25.3. The summed E-state index contributed by atoms with van der Waals surface area (Å²) in [4.78, 5) is 21.0. The van der Waals surface area contributed by atoms with Crippen molar-refractivity contribution in [2.24, 2.45) is 0 Å². The van der Waals surface area contributed by atoms with Gasteiger partial charge < -0.3 is 30.0 Å². The molecular formula is C24H48N4O4Ru+3. The van der Waals surface area contributed by atoms with Gasteiger partial charge in [0.2, 0.25) is 0 Å². The van der Waals surface area contributed by atoms with Crippen LogP contribution in [-0.4, -0.2) is 107 Å². The van der Waals surface area contributed by atoms with Gasteiger partial charge in [-0.3, -0.25) is 4.98 Å². The van der Waals surface area contributed by atoms with Crippen molar-refractivity contribution < 1.29 is 39.6 Å². The van der Waals surface area contributed by atoms with Crippen LogP contribution >= 0.6 is 0 Å². The second kappa shape index (κ2) is 25.3. The van der Waals surface area contributed by atoms with Crippen molar-refractivity contribution in [3.05, 3.63) is 41.9 Å². The standard InChI is InChI=1S/C9H21N3.C6H5NO2.C5H10O2.C3H8.CH4.Ru/c1-10-4-6-11(2)8-9-12(3)7-5-10;8-6(9)5-1-3-7-4-2-5;1-4(6)3-5(2)7;1-3-2;;/h4-9H2,1-3H3;1-4H,(H,8,9);3-4,6-7H,1-2H3;3H2,1-2H3;1H4;/q;;;;;+3. The number of likely N-dealkylation sites (N-methyl/N-ethyl adjacent to an activating group) is 3. The van der Waals surface area contributed by atoms with E-state index in [0.717, 1.165) is 0 Å². The van der Waals surface area contributed by atoms with Gasteiger partial charge in [-0.2, -0.15) is 0 Å². The number of carboxylic acid groups (broad SMARTS) is 1. The number of allylic oxidation sites excluding steroid dienone is 1. The Labute approximate surface area is 215 Å². The third kappa shape index (κ3) is 28.6. The molecule has 1 radical (unpaired) electrons. The van der Waals surface area contributed by atoms with Crippen molar-refractivity contribution in [2.45, 2.75) is 47.6 Å². The number of aliphatic hydroxyl groups is 2. The Morgan fingerprint density at radius 1 is 0.970 bits per heavy atom. The van der Waals surface area contributed by atoms with Crippen LogP contribution in [0, 0.1) is 0 Å². The minimum absolute atomic E-state index is 0. The minimum Gasteiger partial charge on any atom is -0.513 e. The van der Waals surface area contributed by atoms with E-state index in [2.05, 4.69) is 54.7 Å². The Kier molecular flexibility index (Phi) is 29.7. The summed E-state index contributed by atoms with van der Waals surface area (Å²) in [7, 11) is 6.60. The molecule has 2 rings (SSSR count). The fourth-order valence-electron chi connectivity index (χ4n) is 2.20. The smallest absolute Gasteiger partial charge is 0.513 e. The number of pyridine rings is 1.